The van der Waals surface area contributed by atoms with Crippen LogP contribution in [-0.4, -0.2) is 41.8 Å². The van der Waals surface area contributed by atoms with Crippen molar-refractivity contribution in [3.63, 3.8) is 0 Å². The van der Waals surface area contributed by atoms with Crippen LogP contribution in [0.2, 0.25) is 0 Å². The van der Waals surface area contributed by atoms with E-state index in [1.54, 1.807) is 6.92 Å². The zero-order valence-electron chi connectivity index (χ0n) is 21.3. The topological polar surface area (TPSA) is 59.0 Å². The molecular formula is C31H37NO4. The highest BCUT2D eigenvalue weighted by Crippen LogP contribution is 2.33. The van der Waals surface area contributed by atoms with Crippen LogP contribution in [0.25, 0.3) is 0 Å². The Morgan fingerprint density at radius 3 is 2.39 bits per heavy atom. The fraction of sp³-hybridized carbons (Fsp3) is 0.387. The molecular weight excluding hydrogens is 450 g/mol. The minimum absolute atomic E-state index is 0.0868. The van der Waals surface area contributed by atoms with Gasteiger partial charge in [0.1, 0.15) is 5.75 Å². The summed E-state index contributed by atoms with van der Waals surface area (Å²) in [4.78, 5) is 14.2. The van der Waals surface area contributed by atoms with Gasteiger partial charge >= 0.3 is 5.97 Å². The Bertz CT molecular complexity index is 1100. The number of benzene rings is 3. The minimum atomic E-state index is -0.570. The van der Waals surface area contributed by atoms with Crippen LogP contribution in [0.15, 0.2) is 78.9 Å². The van der Waals surface area contributed by atoms with Crippen molar-refractivity contribution in [2.24, 2.45) is 0 Å². The number of carbonyl (C=O) groups is 1. The van der Waals surface area contributed by atoms with Crippen molar-refractivity contribution in [1.82, 2.24) is 4.90 Å². The van der Waals surface area contributed by atoms with Crippen LogP contribution in [0, 0.1) is 0 Å². The zero-order valence-corrected chi connectivity index (χ0v) is 21.3. The average Bonchev–Trinajstić information content (AvgIpc) is 3.13. The molecule has 3 aromatic rings. The molecule has 5 nitrogen and oxygen atoms in total. The average molecular weight is 488 g/mol. The van der Waals surface area contributed by atoms with Crippen molar-refractivity contribution < 1.29 is 19.4 Å². The molecule has 0 aromatic heterocycles. The SMILES string of the molecule is CCOC(=O)COc1ccc2c(c1)C[C@@H](N(C[C@H](O)c1ccccc1)[C@@H](C)c1ccccc1)CCC2. The molecule has 0 amide bonds. The van der Waals surface area contributed by atoms with E-state index < -0.39 is 6.10 Å². The summed E-state index contributed by atoms with van der Waals surface area (Å²) < 4.78 is 10.7. The van der Waals surface area contributed by atoms with Crippen molar-refractivity contribution in [2.45, 2.75) is 57.7 Å². The van der Waals surface area contributed by atoms with E-state index >= 15 is 0 Å². The third-order valence-corrected chi connectivity index (χ3v) is 7.10. The molecule has 0 spiro atoms. The first-order chi connectivity index (χ1) is 17.5. The second-order valence-corrected chi connectivity index (χ2v) is 9.48. The van der Waals surface area contributed by atoms with E-state index in [0.717, 1.165) is 31.2 Å². The highest BCUT2D eigenvalue weighted by atomic mass is 16.6. The van der Waals surface area contributed by atoms with E-state index in [1.807, 2.05) is 42.5 Å². The van der Waals surface area contributed by atoms with Crippen LogP contribution < -0.4 is 4.74 Å². The Morgan fingerprint density at radius 1 is 1.00 bits per heavy atom. The Hall–Kier alpha value is -3.15. The molecule has 1 N–H and O–H groups in total. The number of rotatable bonds is 10. The van der Waals surface area contributed by atoms with Crippen molar-refractivity contribution in [3.8, 4) is 5.75 Å². The molecule has 3 aromatic carbocycles. The molecule has 5 heteroatoms. The monoisotopic (exact) mass is 487 g/mol. The van der Waals surface area contributed by atoms with Gasteiger partial charge in [-0.25, -0.2) is 4.79 Å². The van der Waals surface area contributed by atoms with Crippen LogP contribution >= 0.6 is 0 Å². The predicted molar refractivity (Wildman–Crippen MR) is 142 cm³/mol. The van der Waals surface area contributed by atoms with Gasteiger partial charge in [0.2, 0.25) is 0 Å². The molecule has 36 heavy (non-hydrogen) atoms. The highest BCUT2D eigenvalue weighted by molar-refractivity contribution is 5.71. The molecule has 190 valence electrons. The fourth-order valence-electron chi connectivity index (χ4n) is 5.16. The number of aryl methyl sites for hydroxylation is 1. The second-order valence-electron chi connectivity index (χ2n) is 9.48. The minimum Gasteiger partial charge on any atom is -0.482 e. The van der Waals surface area contributed by atoms with Gasteiger partial charge in [-0.2, -0.15) is 0 Å². The lowest BCUT2D eigenvalue weighted by atomic mass is 9.96. The number of nitrogens with zero attached hydrogens (tertiary/aromatic N) is 1. The van der Waals surface area contributed by atoms with Crippen LogP contribution in [-0.2, 0) is 22.4 Å². The molecule has 0 bridgehead atoms. The van der Waals surface area contributed by atoms with Crippen molar-refractivity contribution in [2.75, 3.05) is 19.8 Å². The molecule has 1 aliphatic carbocycles. The van der Waals surface area contributed by atoms with Crippen LogP contribution in [0.5, 0.6) is 5.75 Å². The number of hydrogen-bond acceptors (Lipinski definition) is 5. The fourth-order valence-corrected chi connectivity index (χ4v) is 5.16. The third-order valence-electron chi connectivity index (χ3n) is 7.10. The van der Waals surface area contributed by atoms with Gasteiger partial charge in [-0.15, -0.1) is 0 Å². The number of fused-ring (bicyclic) bond motifs is 1. The predicted octanol–water partition coefficient (Wildman–Crippen LogP) is 5.67. The van der Waals surface area contributed by atoms with Gasteiger partial charge in [-0.05, 0) is 73.9 Å². The number of esters is 1. The Labute approximate surface area is 214 Å². The Morgan fingerprint density at radius 2 is 1.69 bits per heavy atom. The van der Waals surface area contributed by atoms with Crippen LogP contribution in [0.1, 0.15) is 61.1 Å². The highest BCUT2D eigenvalue weighted by Gasteiger charge is 2.29. The van der Waals surface area contributed by atoms with E-state index in [0.29, 0.717) is 18.9 Å². The molecule has 0 saturated heterocycles. The molecule has 1 aliphatic rings. The molecule has 4 rings (SSSR count). The van der Waals surface area contributed by atoms with Gasteiger partial charge in [0.05, 0.1) is 12.7 Å². The van der Waals surface area contributed by atoms with Crippen molar-refractivity contribution in [3.05, 3.63) is 101 Å². The smallest absolute Gasteiger partial charge is 0.344 e. The summed E-state index contributed by atoms with van der Waals surface area (Å²) in [6.07, 6.45) is 3.44. The van der Waals surface area contributed by atoms with E-state index in [2.05, 4.69) is 48.2 Å². The largest absolute Gasteiger partial charge is 0.482 e. The molecule has 3 atom stereocenters. The third kappa shape index (κ3) is 6.74. The first-order valence-electron chi connectivity index (χ1n) is 13.0. The molecule has 0 saturated carbocycles. The summed E-state index contributed by atoms with van der Waals surface area (Å²) in [7, 11) is 0. The maximum atomic E-state index is 11.8. The first-order valence-corrected chi connectivity index (χ1v) is 13.0. The lowest BCUT2D eigenvalue weighted by Crippen LogP contribution is -2.41. The summed E-state index contributed by atoms with van der Waals surface area (Å²) in [5.74, 6) is 0.331. The maximum Gasteiger partial charge on any atom is 0.344 e. The van der Waals surface area contributed by atoms with Gasteiger partial charge in [0, 0.05) is 18.6 Å². The maximum absolute atomic E-state index is 11.8. The zero-order chi connectivity index (χ0) is 25.3. The number of aliphatic hydroxyl groups is 1. The van der Waals surface area contributed by atoms with Gasteiger partial charge in [-0.1, -0.05) is 66.7 Å². The molecule has 0 aliphatic heterocycles. The van der Waals surface area contributed by atoms with E-state index in [1.165, 1.54) is 16.7 Å². The van der Waals surface area contributed by atoms with Gasteiger partial charge in [-0.3, -0.25) is 4.90 Å². The van der Waals surface area contributed by atoms with Crippen molar-refractivity contribution in [1.29, 1.82) is 0 Å². The van der Waals surface area contributed by atoms with Gasteiger partial charge in [0.25, 0.3) is 0 Å². The lowest BCUT2D eigenvalue weighted by molar-refractivity contribution is -0.145. The second kappa shape index (κ2) is 12.7. The molecule has 0 radical (unpaired) electrons. The summed E-state index contributed by atoms with van der Waals surface area (Å²) in [5.41, 5.74) is 4.76. The Kier molecular flexibility index (Phi) is 9.15. The number of ether oxygens (including phenoxy) is 2. The van der Waals surface area contributed by atoms with Gasteiger partial charge < -0.3 is 14.6 Å². The first kappa shape index (κ1) is 25.9. The van der Waals surface area contributed by atoms with Crippen LogP contribution in [0.3, 0.4) is 0 Å². The molecule has 0 fully saturated rings. The number of hydrogen-bond donors (Lipinski definition) is 1. The molecule has 0 unspecified atom stereocenters. The summed E-state index contributed by atoms with van der Waals surface area (Å²) in [6.45, 7) is 4.84. The molecule has 0 heterocycles. The van der Waals surface area contributed by atoms with Gasteiger partial charge in [0.15, 0.2) is 6.61 Å². The summed E-state index contributed by atoms with van der Waals surface area (Å²) in [6, 6.07) is 27.0. The van der Waals surface area contributed by atoms with E-state index in [-0.39, 0.29) is 24.7 Å². The number of aliphatic hydroxyl groups excluding tert-OH is 1. The summed E-state index contributed by atoms with van der Waals surface area (Å²) in [5, 5.41) is 11.2. The van der Waals surface area contributed by atoms with Crippen LogP contribution in [0.4, 0.5) is 0 Å². The Balaban J connectivity index is 1.57. The number of carbonyl (C=O) groups excluding carboxylic acids is 1. The van der Waals surface area contributed by atoms with Crippen molar-refractivity contribution >= 4 is 5.97 Å². The quantitative estimate of drug-likeness (QED) is 0.295. The normalized spacial score (nSPS) is 17.1. The van der Waals surface area contributed by atoms with E-state index in [9.17, 15) is 9.90 Å². The van der Waals surface area contributed by atoms with E-state index in [4.69, 9.17) is 9.47 Å². The standard InChI is InChI=1S/C31H37NO4/c1-3-35-31(34)22-36-29-18-17-25-15-10-16-28(19-27(25)20-29)32(23(2)24-11-6-4-7-12-24)21-30(33)26-13-8-5-9-14-26/h4-9,11-14,17-18,20,23,28,30,33H,3,10,15-16,19,21-22H2,1-2H3/t23-,28-,30-/m0/s1. The lowest BCUT2D eigenvalue weighted by Gasteiger charge is -2.38. The summed E-state index contributed by atoms with van der Waals surface area (Å²) >= 11 is 0.